The Morgan fingerprint density at radius 3 is 2.15 bits per heavy atom. The average Bonchev–Trinajstić information content (AvgIpc) is 2.81. The lowest BCUT2D eigenvalue weighted by Gasteiger charge is -2.26. The number of rotatable bonds is 5. The van der Waals surface area contributed by atoms with Crippen LogP contribution in [-0.4, -0.2) is 22.3 Å². The lowest BCUT2D eigenvalue weighted by molar-refractivity contribution is -0.120. The molecule has 0 spiro atoms. The number of aryl methyl sites for hydroxylation is 2. The first-order chi connectivity index (χ1) is 15.8. The molecular weight excluding hydrogens is 410 g/mol. The highest BCUT2D eigenvalue weighted by Crippen LogP contribution is 2.26. The third-order valence-corrected chi connectivity index (χ3v) is 5.74. The van der Waals surface area contributed by atoms with E-state index in [1.165, 1.54) is 0 Å². The lowest BCUT2D eigenvalue weighted by Crippen LogP contribution is -2.52. The number of hydrogen-bond donors (Lipinski definition) is 2. The summed E-state index contributed by atoms with van der Waals surface area (Å²) in [6.45, 7) is 7.30. The lowest BCUT2D eigenvalue weighted by atomic mass is 9.99. The van der Waals surface area contributed by atoms with E-state index < -0.39 is 5.54 Å². The van der Waals surface area contributed by atoms with Gasteiger partial charge in [0.05, 0.1) is 16.8 Å². The van der Waals surface area contributed by atoms with Crippen LogP contribution in [-0.2, 0) is 4.79 Å². The molecule has 33 heavy (non-hydrogen) atoms. The number of carbonyl (C=O) groups excluding carboxylic acids is 2. The predicted octanol–water partition coefficient (Wildman–Crippen LogP) is 5.67. The second-order valence-electron chi connectivity index (χ2n) is 8.74. The van der Waals surface area contributed by atoms with E-state index in [0.717, 1.165) is 33.3 Å². The molecule has 0 fully saturated rings. The van der Waals surface area contributed by atoms with Crippen molar-refractivity contribution in [2.75, 3.05) is 5.32 Å². The summed E-state index contributed by atoms with van der Waals surface area (Å²) in [6, 6.07) is 24.9. The number of carbonyl (C=O) groups is 2. The highest BCUT2D eigenvalue weighted by Gasteiger charge is 2.31. The summed E-state index contributed by atoms with van der Waals surface area (Å²) < 4.78 is 0. The van der Waals surface area contributed by atoms with Crippen LogP contribution in [0.25, 0.3) is 22.2 Å². The molecule has 1 aromatic heterocycles. The molecule has 0 unspecified atom stereocenters. The number of hydrogen-bond acceptors (Lipinski definition) is 3. The van der Waals surface area contributed by atoms with Gasteiger partial charge in [0.25, 0.3) is 5.91 Å². The molecule has 0 aliphatic heterocycles. The molecule has 2 amide bonds. The molecule has 0 bridgehead atoms. The Hall–Kier alpha value is -3.99. The van der Waals surface area contributed by atoms with Crippen molar-refractivity contribution in [3.8, 4) is 11.3 Å². The second-order valence-corrected chi connectivity index (χ2v) is 8.74. The van der Waals surface area contributed by atoms with Crippen molar-refractivity contribution in [1.29, 1.82) is 0 Å². The molecular formula is C28H27N3O2. The van der Waals surface area contributed by atoms with Crippen LogP contribution >= 0.6 is 0 Å². The Labute approximate surface area is 193 Å². The maximum Gasteiger partial charge on any atom is 0.252 e. The topological polar surface area (TPSA) is 71.1 Å². The van der Waals surface area contributed by atoms with Crippen molar-refractivity contribution in [1.82, 2.24) is 10.3 Å². The monoisotopic (exact) mass is 437 g/mol. The molecule has 3 aromatic carbocycles. The van der Waals surface area contributed by atoms with Gasteiger partial charge in [0.1, 0.15) is 5.54 Å². The van der Waals surface area contributed by atoms with E-state index in [1.54, 1.807) is 19.9 Å². The fourth-order valence-corrected chi connectivity index (χ4v) is 3.81. The zero-order valence-electron chi connectivity index (χ0n) is 19.3. The highest BCUT2D eigenvalue weighted by atomic mass is 16.2. The van der Waals surface area contributed by atoms with E-state index in [1.807, 2.05) is 86.6 Å². The molecule has 0 aliphatic rings. The Balaban J connectivity index is 1.66. The number of anilines is 1. The molecule has 2 N–H and O–H groups in total. The quantitative estimate of drug-likeness (QED) is 0.423. The molecule has 166 valence electrons. The first kappa shape index (κ1) is 22.2. The molecule has 1 heterocycles. The van der Waals surface area contributed by atoms with E-state index >= 15 is 0 Å². The van der Waals surface area contributed by atoms with Gasteiger partial charge in [-0.25, -0.2) is 4.98 Å². The fraction of sp³-hybridized carbons (Fsp3) is 0.179. The van der Waals surface area contributed by atoms with Crippen molar-refractivity contribution in [2.45, 2.75) is 33.2 Å². The van der Waals surface area contributed by atoms with Gasteiger partial charge in [-0.2, -0.15) is 0 Å². The number of para-hydroxylation sites is 2. The maximum atomic E-state index is 13.4. The number of aromatic nitrogens is 1. The number of nitrogens with one attached hydrogen (secondary N) is 2. The Kier molecular flexibility index (Phi) is 5.97. The highest BCUT2D eigenvalue weighted by molar-refractivity contribution is 6.10. The number of pyridine rings is 1. The maximum absolute atomic E-state index is 13.4. The third-order valence-electron chi connectivity index (χ3n) is 5.74. The minimum atomic E-state index is -1.14. The van der Waals surface area contributed by atoms with Gasteiger partial charge in [-0.3, -0.25) is 9.59 Å². The largest absolute Gasteiger partial charge is 0.338 e. The molecule has 0 atom stereocenters. The fourth-order valence-electron chi connectivity index (χ4n) is 3.81. The van der Waals surface area contributed by atoms with Crippen LogP contribution < -0.4 is 10.6 Å². The van der Waals surface area contributed by atoms with Gasteiger partial charge < -0.3 is 10.6 Å². The van der Waals surface area contributed by atoms with Crippen LogP contribution in [0.15, 0.2) is 78.9 Å². The summed E-state index contributed by atoms with van der Waals surface area (Å²) in [5.41, 5.74) is 4.40. The molecule has 4 aromatic rings. The van der Waals surface area contributed by atoms with Crippen molar-refractivity contribution < 1.29 is 9.59 Å². The van der Waals surface area contributed by atoms with E-state index in [0.29, 0.717) is 11.3 Å². The van der Waals surface area contributed by atoms with Gasteiger partial charge in [0, 0.05) is 16.6 Å². The number of amides is 2. The molecule has 0 saturated carbocycles. The minimum absolute atomic E-state index is 0.283. The van der Waals surface area contributed by atoms with Gasteiger partial charge in [0.15, 0.2) is 0 Å². The Morgan fingerprint density at radius 1 is 0.818 bits per heavy atom. The summed E-state index contributed by atoms with van der Waals surface area (Å²) in [7, 11) is 0. The average molecular weight is 438 g/mol. The van der Waals surface area contributed by atoms with Crippen molar-refractivity contribution >= 4 is 28.4 Å². The standard InChI is InChI=1S/C28H27N3O2/c1-18-11-10-12-19(2)25(18)30-27(33)28(3,4)31-26(32)22-17-24(20-13-6-5-7-14-20)29-23-16-9-8-15-21(22)23/h5-17H,1-4H3,(H,30,33)(H,31,32). The van der Waals surface area contributed by atoms with Gasteiger partial charge in [-0.15, -0.1) is 0 Å². The smallest absolute Gasteiger partial charge is 0.252 e. The van der Waals surface area contributed by atoms with E-state index in [-0.39, 0.29) is 11.8 Å². The van der Waals surface area contributed by atoms with Crippen LogP contribution in [0.4, 0.5) is 5.69 Å². The Morgan fingerprint density at radius 2 is 1.45 bits per heavy atom. The van der Waals surface area contributed by atoms with Gasteiger partial charge in [-0.1, -0.05) is 66.7 Å². The number of benzene rings is 3. The zero-order chi connectivity index (χ0) is 23.6. The van der Waals surface area contributed by atoms with E-state index in [9.17, 15) is 9.59 Å². The minimum Gasteiger partial charge on any atom is -0.338 e. The van der Waals surface area contributed by atoms with Crippen LogP contribution in [0.1, 0.15) is 35.3 Å². The number of nitrogens with zero attached hydrogens (tertiary/aromatic N) is 1. The van der Waals surface area contributed by atoms with Crippen molar-refractivity contribution in [3.63, 3.8) is 0 Å². The summed E-state index contributed by atoms with van der Waals surface area (Å²) in [4.78, 5) is 31.3. The summed E-state index contributed by atoms with van der Waals surface area (Å²) >= 11 is 0. The van der Waals surface area contributed by atoms with Gasteiger partial charge >= 0.3 is 0 Å². The van der Waals surface area contributed by atoms with E-state index in [2.05, 4.69) is 10.6 Å². The second kappa shape index (κ2) is 8.87. The third kappa shape index (κ3) is 4.62. The SMILES string of the molecule is Cc1cccc(C)c1NC(=O)C(C)(C)NC(=O)c1cc(-c2ccccc2)nc2ccccc12. The van der Waals surface area contributed by atoms with Crippen LogP contribution in [0.3, 0.4) is 0 Å². The first-order valence-electron chi connectivity index (χ1n) is 10.9. The molecule has 0 radical (unpaired) electrons. The summed E-state index contributed by atoms with van der Waals surface area (Å²) in [5.74, 6) is -0.609. The predicted molar refractivity (Wildman–Crippen MR) is 133 cm³/mol. The van der Waals surface area contributed by atoms with E-state index in [4.69, 9.17) is 4.98 Å². The van der Waals surface area contributed by atoms with Crippen LogP contribution in [0, 0.1) is 13.8 Å². The normalized spacial score (nSPS) is 11.3. The van der Waals surface area contributed by atoms with Gasteiger partial charge in [0.2, 0.25) is 5.91 Å². The van der Waals surface area contributed by atoms with Crippen molar-refractivity contribution in [2.24, 2.45) is 0 Å². The molecule has 4 rings (SSSR count). The summed E-state index contributed by atoms with van der Waals surface area (Å²) in [5, 5.41) is 6.64. The zero-order valence-corrected chi connectivity index (χ0v) is 19.3. The Bertz CT molecular complexity index is 1320. The van der Waals surface area contributed by atoms with Crippen LogP contribution in [0.2, 0.25) is 0 Å². The molecule has 5 heteroatoms. The molecule has 5 nitrogen and oxygen atoms in total. The van der Waals surface area contributed by atoms with Crippen molar-refractivity contribution in [3.05, 3.63) is 95.6 Å². The molecule has 0 aliphatic carbocycles. The number of fused-ring (bicyclic) bond motifs is 1. The van der Waals surface area contributed by atoms with Gasteiger partial charge in [-0.05, 0) is 51.0 Å². The summed E-state index contributed by atoms with van der Waals surface area (Å²) in [6.07, 6.45) is 0. The molecule has 0 saturated heterocycles. The van der Waals surface area contributed by atoms with Crippen LogP contribution in [0.5, 0.6) is 0 Å². The first-order valence-corrected chi connectivity index (χ1v) is 10.9.